The first-order valence-electron chi connectivity index (χ1n) is 5.24. The van der Waals surface area contributed by atoms with Gasteiger partial charge in [0.05, 0.1) is 4.92 Å². The number of hydrogen-bond donors (Lipinski definition) is 0. The zero-order chi connectivity index (χ0) is 14.0. The van der Waals surface area contributed by atoms with E-state index in [4.69, 9.17) is 0 Å². The summed E-state index contributed by atoms with van der Waals surface area (Å²) in [5.74, 6) is -0.192. The van der Waals surface area contributed by atoms with Crippen LogP contribution in [0.4, 0.5) is 5.69 Å². The van der Waals surface area contributed by atoms with E-state index in [1.54, 1.807) is 24.3 Å². The van der Waals surface area contributed by atoms with Crippen molar-refractivity contribution in [1.29, 1.82) is 0 Å². The monoisotopic (exact) mass is 383 g/mol. The highest BCUT2D eigenvalue weighted by Crippen LogP contribution is 2.35. The van der Waals surface area contributed by atoms with Crippen LogP contribution in [-0.4, -0.2) is 10.7 Å². The molecule has 0 atom stereocenters. The molecule has 19 heavy (non-hydrogen) atoms. The molecule has 0 aliphatic rings. The van der Waals surface area contributed by atoms with Crippen molar-refractivity contribution in [2.24, 2.45) is 0 Å². The lowest BCUT2D eigenvalue weighted by atomic mass is 10.0. The van der Waals surface area contributed by atoms with Gasteiger partial charge in [-0.1, -0.05) is 30.3 Å². The second-order valence-electron chi connectivity index (χ2n) is 3.71. The van der Waals surface area contributed by atoms with Crippen molar-refractivity contribution in [2.45, 2.75) is 0 Å². The maximum Gasteiger partial charge on any atom is 0.284 e. The molecule has 2 aromatic rings. The van der Waals surface area contributed by atoms with Crippen LogP contribution in [0, 0.1) is 10.1 Å². The normalized spacial score (nSPS) is 10.2. The molecule has 0 amide bonds. The number of rotatable bonds is 3. The maximum atomic E-state index is 12.3. The third-order valence-corrected chi connectivity index (χ3v) is 4.70. The minimum atomic E-state index is -0.508. The van der Waals surface area contributed by atoms with Gasteiger partial charge in [-0.05, 0) is 37.9 Å². The van der Waals surface area contributed by atoms with E-state index < -0.39 is 4.92 Å². The first-order chi connectivity index (χ1) is 9.02. The lowest BCUT2D eigenvalue weighted by Gasteiger charge is -2.06. The molecule has 96 valence electrons. The number of ketones is 1. The highest BCUT2D eigenvalue weighted by atomic mass is 79.9. The number of halogens is 2. The van der Waals surface area contributed by atoms with E-state index in [1.807, 2.05) is 6.07 Å². The van der Waals surface area contributed by atoms with E-state index >= 15 is 0 Å². The molecule has 0 bridgehead atoms. The van der Waals surface area contributed by atoms with Gasteiger partial charge in [-0.3, -0.25) is 14.9 Å². The summed E-state index contributed by atoms with van der Waals surface area (Å²) in [6.07, 6.45) is 0. The summed E-state index contributed by atoms with van der Waals surface area (Å²) < 4.78 is 0.648. The topological polar surface area (TPSA) is 60.2 Å². The van der Waals surface area contributed by atoms with E-state index in [0.29, 0.717) is 15.6 Å². The Kier molecular flexibility index (Phi) is 4.11. The number of nitro groups is 1. The molecular formula is C13H7Br2NO3. The zero-order valence-electron chi connectivity index (χ0n) is 9.47. The predicted molar refractivity (Wildman–Crippen MR) is 78.4 cm³/mol. The van der Waals surface area contributed by atoms with Crippen LogP contribution >= 0.6 is 31.9 Å². The van der Waals surface area contributed by atoms with Gasteiger partial charge in [-0.25, -0.2) is 0 Å². The molecule has 6 heteroatoms. The largest absolute Gasteiger partial charge is 0.289 e. The average Bonchev–Trinajstić information content (AvgIpc) is 2.41. The van der Waals surface area contributed by atoms with E-state index in [2.05, 4.69) is 31.9 Å². The predicted octanol–water partition coefficient (Wildman–Crippen LogP) is 4.35. The molecule has 0 aromatic heterocycles. The van der Waals surface area contributed by atoms with Crippen molar-refractivity contribution in [3.05, 3.63) is 72.7 Å². The Morgan fingerprint density at radius 2 is 1.63 bits per heavy atom. The molecular weight excluding hydrogens is 378 g/mol. The second-order valence-corrected chi connectivity index (χ2v) is 5.30. The van der Waals surface area contributed by atoms with Gasteiger partial charge >= 0.3 is 0 Å². The molecule has 0 saturated carbocycles. The molecule has 0 saturated heterocycles. The van der Waals surface area contributed by atoms with Crippen LogP contribution in [0.3, 0.4) is 0 Å². The standard InChI is InChI=1S/C13H7Br2NO3/c14-11-9(6-7-10(12(11)15)16(18)19)13(17)8-4-2-1-3-5-8/h1-7H. The summed E-state index contributed by atoms with van der Waals surface area (Å²) in [5, 5.41) is 10.8. The van der Waals surface area contributed by atoms with Gasteiger partial charge in [0.25, 0.3) is 5.69 Å². The van der Waals surface area contributed by atoms with Gasteiger partial charge in [0.1, 0.15) is 4.47 Å². The minimum Gasteiger partial charge on any atom is -0.289 e. The third-order valence-electron chi connectivity index (χ3n) is 2.54. The van der Waals surface area contributed by atoms with Gasteiger partial charge in [0.2, 0.25) is 0 Å². The van der Waals surface area contributed by atoms with Crippen LogP contribution in [0.1, 0.15) is 15.9 Å². The number of nitrogens with zero attached hydrogens (tertiary/aromatic N) is 1. The molecule has 2 rings (SSSR count). The van der Waals surface area contributed by atoms with Gasteiger partial charge < -0.3 is 0 Å². The fourth-order valence-corrected chi connectivity index (χ4v) is 2.61. The number of nitro benzene ring substituents is 1. The molecule has 0 heterocycles. The van der Waals surface area contributed by atoms with E-state index in [1.165, 1.54) is 12.1 Å². The molecule has 0 aliphatic carbocycles. The van der Waals surface area contributed by atoms with Gasteiger partial charge in [-0.2, -0.15) is 0 Å². The Balaban J connectivity index is 2.51. The lowest BCUT2D eigenvalue weighted by Crippen LogP contribution is -2.03. The zero-order valence-corrected chi connectivity index (χ0v) is 12.6. The average molecular weight is 385 g/mol. The first-order valence-corrected chi connectivity index (χ1v) is 6.83. The highest BCUT2D eigenvalue weighted by molar-refractivity contribution is 9.13. The van der Waals surface area contributed by atoms with Crippen LogP contribution in [0.2, 0.25) is 0 Å². The van der Waals surface area contributed by atoms with Crippen molar-refractivity contribution >= 4 is 43.3 Å². The van der Waals surface area contributed by atoms with Crippen LogP contribution in [-0.2, 0) is 0 Å². The Hall–Kier alpha value is -1.53. The van der Waals surface area contributed by atoms with Crippen molar-refractivity contribution < 1.29 is 9.72 Å². The molecule has 0 aliphatic heterocycles. The van der Waals surface area contributed by atoms with Crippen LogP contribution in [0.5, 0.6) is 0 Å². The number of carbonyl (C=O) groups excluding carboxylic acids is 1. The van der Waals surface area contributed by atoms with Gasteiger partial charge in [-0.15, -0.1) is 0 Å². The number of benzene rings is 2. The van der Waals surface area contributed by atoms with Crippen molar-refractivity contribution in [3.63, 3.8) is 0 Å². The Morgan fingerprint density at radius 3 is 2.21 bits per heavy atom. The van der Waals surface area contributed by atoms with Crippen LogP contribution in [0.25, 0.3) is 0 Å². The molecule has 0 radical (unpaired) electrons. The second kappa shape index (κ2) is 5.63. The highest BCUT2D eigenvalue weighted by Gasteiger charge is 2.21. The van der Waals surface area contributed by atoms with Crippen LogP contribution < -0.4 is 0 Å². The van der Waals surface area contributed by atoms with Crippen molar-refractivity contribution in [2.75, 3.05) is 0 Å². The molecule has 4 nitrogen and oxygen atoms in total. The fourth-order valence-electron chi connectivity index (χ4n) is 1.60. The summed E-state index contributed by atoms with van der Waals surface area (Å²) >= 11 is 6.36. The van der Waals surface area contributed by atoms with E-state index in [0.717, 1.165) is 0 Å². The molecule has 0 fully saturated rings. The number of carbonyl (C=O) groups is 1. The summed E-state index contributed by atoms with van der Waals surface area (Å²) in [5.41, 5.74) is 0.823. The maximum absolute atomic E-state index is 12.3. The molecule has 0 spiro atoms. The Morgan fingerprint density at radius 1 is 1.00 bits per heavy atom. The SMILES string of the molecule is O=C(c1ccccc1)c1ccc([N+](=O)[O-])c(Br)c1Br. The quantitative estimate of drug-likeness (QED) is 0.449. The van der Waals surface area contributed by atoms with Crippen molar-refractivity contribution in [1.82, 2.24) is 0 Å². The van der Waals surface area contributed by atoms with Gasteiger partial charge in [0.15, 0.2) is 5.78 Å². The van der Waals surface area contributed by atoms with Crippen molar-refractivity contribution in [3.8, 4) is 0 Å². The molecule has 0 N–H and O–H groups in total. The summed E-state index contributed by atoms with van der Waals surface area (Å²) in [6, 6.07) is 11.5. The smallest absolute Gasteiger partial charge is 0.284 e. The van der Waals surface area contributed by atoms with Crippen LogP contribution in [0.15, 0.2) is 51.4 Å². The minimum absolute atomic E-state index is 0.0866. The molecule has 2 aromatic carbocycles. The summed E-state index contributed by atoms with van der Waals surface area (Å²) in [7, 11) is 0. The summed E-state index contributed by atoms with van der Waals surface area (Å²) in [6.45, 7) is 0. The van der Waals surface area contributed by atoms with E-state index in [9.17, 15) is 14.9 Å². The van der Waals surface area contributed by atoms with E-state index in [-0.39, 0.29) is 15.9 Å². The fraction of sp³-hybridized carbons (Fsp3) is 0. The summed E-state index contributed by atoms with van der Waals surface area (Å²) in [4.78, 5) is 22.6. The lowest BCUT2D eigenvalue weighted by molar-refractivity contribution is -0.385. The third kappa shape index (κ3) is 2.74. The Labute approximate surface area is 125 Å². The Bertz CT molecular complexity index is 656. The van der Waals surface area contributed by atoms with Gasteiger partial charge in [0, 0.05) is 21.7 Å². The first kappa shape index (κ1) is 13.9. The molecule has 0 unspecified atom stereocenters. The number of hydrogen-bond acceptors (Lipinski definition) is 3.